The minimum absolute atomic E-state index is 0.0875. The van der Waals surface area contributed by atoms with Gasteiger partial charge >= 0.3 is 5.97 Å². The molecule has 11 heteroatoms. The molecule has 6 atom stereocenters. The van der Waals surface area contributed by atoms with Gasteiger partial charge in [0.1, 0.15) is 29.8 Å². The third kappa shape index (κ3) is 4.30. The van der Waals surface area contributed by atoms with Gasteiger partial charge in [-0.05, 0) is 24.1 Å². The summed E-state index contributed by atoms with van der Waals surface area (Å²) in [6.45, 7) is 0.232. The zero-order valence-electron chi connectivity index (χ0n) is 18.5. The van der Waals surface area contributed by atoms with Crippen LogP contribution in [0.5, 0.6) is 28.7 Å². The Morgan fingerprint density at radius 2 is 1.76 bits per heavy atom. The number of aliphatic hydroxyl groups excluding tert-OH is 3. The summed E-state index contributed by atoms with van der Waals surface area (Å²) in [7, 11) is 2.82. The number of fused-ring (bicyclic) bond motifs is 1. The first kappa shape index (κ1) is 23.9. The maximum atomic E-state index is 11.5. The molecule has 184 valence electrons. The molecule has 0 unspecified atom stereocenters. The highest BCUT2D eigenvalue weighted by Gasteiger charge is 2.48. The monoisotopic (exact) mass is 478 g/mol. The van der Waals surface area contributed by atoms with Crippen LogP contribution in [0, 0.1) is 0 Å². The number of carbonyl (C=O) groups is 1. The fourth-order valence-electron chi connectivity index (χ4n) is 4.18. The summed E-state index contributed by atoms with van der Waals surface area (Å²) in [5.41, 5.74) is 1.45. The number of aromatic hydroxyl groups is 1. The molecule has 0 aliphatic carbocycles. The Morgan fingerprint density at radius 3 is 2.44 bits per heavy atom. The number of methoxy groups -OCH3 is 2. The summed E-state index contributed by atoms with van der Waals surface area (Å²) >= 11 is 0. The molecule has 2 aromatic rings. The molecular weight excluding hydrogens is 452 g/mol. The lowest BCUT2D eigenvalue weighted by Gasteiger charge is -2.39. The van der Waals surface area contributed by atoms with E-state index in [1.807, 2.05) is 0 Å². The molecule has 0 spiro atoms. The van der Waals surface area contributed by atoms with Crippen LogP contribution in [0.3, 0.4) is 0 Å². The molecule has 0 saturated carbocycles. The summed E-state index contributed by atoms with van der Waals surface area (Å²) < 4.78 is 27.9. The van der Waals surface area contributed by atoms with Gasteiger partial charge in [-0.25, -0.2) is 4.79 Å². The van der Waals surface area contributed by atoms with Crippen LogP contribution in [0.1, 0.15) is 17.0 Å². The van der Waals surface area contributed by atoms with Crippen LogP contribution in [-0.4, -0.2) is 83.0 Å². The van der Waals surface area contributed by atoms with E-state index in [4.69, 9.17) is 23.7 Å². The maximum absolute atomic E-state index is 11.5. The number of ether oxygens (including phenoxy) is 5. The first-order valence-electron chi connectivity index (χ1n) is 10.5. The minimum Gasteiger partial charge on any atom is -0.508 e. The maximum Gasteiger partial charge on any atom is 0.335 e. The van der Waals surface area contributed by atoms with Crippen LogP contribution < -0.4 is 18.9 Å². The second-order valence-corrected chi connectivity index (χ2v) is 8.08. The number of hydrogen-bond donors (Lipinski definition) is 5. The summed E-state index contributed by atoms with van der Waals surface area (Å²) in [6.07, 6.45) is -8.35. The Morgan fingerprint density at radius 1 is 1.00 bits per heavy atom. The van der Waals surface area contributed by atoms with E-state index in [0.717, 1.165) is 5.56 Å². The van der Waals surface area contributed by atoms with Gasteiger partial charge in [0.25, 0.3) is 0 Å². The van der Waals surface area contributed by atoms with Crippen molar-refractivity contribution in [3.63, 3.8) is 0 Å². The molecule has 5 N–H and O–H groups in total. The molecule has 4 rings (SSSR count). The van der Waals surface area contributed by atoms with Crippen molar-refractivity contribution >= 4 is 5.97 Å². The fraction of sp³-hybridized carbons (Fsp3) is 0.435. The molecule has 1 fully saturated rings. The van der Waals surface area contributed by atoms with Crippen LogP contribution in [-0.2, 0) is 16.0 Å². The molecule has 0 amide bonds. The lowest BCUT2D eigenvalue weighted by atomic mass is 9.89. The number of phenols is 1. The molecule has 34 heavy (non-hydrogen) atoms. The van der Waals surface area contributed by atoms with Gasteiger partial charge in [-0.15, -0.1) is 0 Å². The van der Waals surface area contributed by atoms with Gasteiger partial charge in [0.2, 0.25) is 12.0 Å². The van der Waals surface area contributed by atoms with Gasteiger partial charge in [0, 0.05) is 17.5 Å². The van der Waals surface area contributed by atoms with Crippen molar-refractivity contribution in [1.29, 1.82) is 0 Å². The molecule has 2 aliphatic rings. The summed E-state index contributed by atoms with van der Waals surface area (Å²) in [5.74, 6) is -0.543. The number of carboxylic acid groups (broad SMARTS) is 1. The molecule has 1 saturated heterocycles. The second kappa shape index (κ2) is 9.55. The van der Waals surface area contributed by atoms with Crippen molar-refractivity contribution in [2.75, 3.05) is 20.8 Å². The van der Waals surface area contributed by atoms with Crippen LogP contribution in [0.15, 0.2) is 30.3 Å². The average Bonchev–Trinajstić information content (AvgIpc) is 2.83. The van der Waals surface area contributed by atoms with E-state index in [9.17, 15) is 30.3 Å². The highest BCUT2D eigenvalue weighted by atomic mass is 16.7. The van der Waals surface area contributed by atoms with Crippen LogP contribution in [0.4, 0.5) is 0 Å². The van der Waals surface area contributed by atoms with Gasteiger partial charge in [-0.2, -0.15) is 0 Å². The average molecular weight is 478 g/mol. The van der Waals surface area contributed by atoms with Crippen molar-refractivity contribution in [2.24, 2.45) is 0 Å². The zero-order valence-corrected chi connectivity index (χ0v) is 18.5. The molecule has 11 nitrogen and oxygen atoms in total. The van der Waals surface area contributed by atoms with Gasteiger partial charge in [0.15, 0.2) is 17.6 Å². The number of rotatable bonds is 6. The number of hydrogen-bond acceptors (Lipinski definition) is 10. The number of carboxylic acids is 1. The Hall–Kier alpha value is -3.25. The van der Waals surface area contributed by atoms with E-state index in [1.54, 1.807) is 24.3 Å². The number of aliphatic carboxylic acids is 1. The van der Waals surface area contributed by atoms with Crippen molar-refractivity contribution < 1.29 is 54.0 Å². The first-order chi connectivity index (χ1) is 16.2. The highest BCUT2D eigenvalue weighted by Crippen LogP contribution is 2.46. The van der Waals surface area contributed by atoms with Crippen LogP contribution in [0.25, 0.3) is 0 Å². The predicted molar refractivity (Wildman–Crippen MR) is 115 cm³/mol. The lowest BCUT2D eigenvalue weighted by Crippen LogP contribution is -2.61. The van der Waals surface area contributed by atoms with E-state index < -0.39 is 36.7 Å². The molecule has 2 aromatic carbocycles. The van der Waals surface area contributed by atoms with Crippen molar-refractivity contribution in [1.82, 2.24) is 0 Å². The van der Waals surface area contributed by atoms with E-state index in [1.165, 1.54) is 20.3 Å². The van der Waals surface area contributed by atoms with Gasteiger partial charge in [-0.3, -0.25) is 0 Å². The van der Waals surface area contributed by atoms with E-state index in [0.29, 0.717) is 23.5 Å². The number of phenolic OH excluding ortho intramolecular Hbond substituents is 1. The van der Waals surface area contributed by atoms with Crippen molar-refractivity contribution in [3.8, 4) is 28.7 Å². The number of aliphatic hydroxyl groups is 3. The molecule has 2 heterocycles. The van der Waals surface area contributed by atoms with E-state index >= 15 is 0 Å². The third-order valence-corrected chi connectivity index (χ3v) is 5.97. The van der Waals surface area contributed by atoms with Gasteiger partial charge in [-0.1, -0.05) is 12.1 Å². The van der Waals surface area contributed by atoms with E-state index in [2.05, 4.69) is 0 Å². The fourth-order valence-corrected chi connectivity index (χ4v) is 4.18. The molecule has 0 radical (unpaired) electrons. The second-order valence-electron chi connectivity index (χ2n) is 8.08. The van der Waals surface area contributed by atoms with Crippen molar-refractivity contribution in [2.45, 2.75) is 43.0 Å². The summed E-state index contributed by atoms with van der Waals surface area (Å²) in [6, 6.07) is 8.24. The summed E-state index contributed by atoms with van der Waals surface area (Å²) in [4.78, 5) is 11.5. The Labute approximate surface area is 194 Å². The molecular formula is C23H26O11. The van der Waals surface area contributed by atoms with E-state index in [-0.39, 0.29) is 29.8 Å². The highest BCUT2D eigenvalue weighted by molar-refractivity contribution is 5.73. The van der Waals surface area contributed by atoms with Gasteiger partial charge < -0.3 is 49.2 Å². The first-order valence-corrected chi connectivity index (χ1v) is 10.5. The Kier molecular flexibility index (Phi) is 6.71. The van der Waals surface area contributed by atoms with Gasteiger partial charge in [0.05, 0.1) is 20.8 Å². The smallest absolute Gasteiger partial charge is 0.335 e. The van der Waals surface area contributed by atoms with Crippen LogP contribution >= 0.6 is 0 Å². The normalized spacial score (nSPS) is 28.4. The number of benzene rings is 2. The van der Waals surface area contributed by atoms with Crippen molar-refractivity contribution in [3.05, 3.63) is 41.5 Å². The third-order valence-electron chi connectivity index (χ3n) is 5.97. The largest absolute Gasteiger partial charge is 0.508 e. The standard InChI is InChI=1S/C23H26O11/c1-30-14-6-5-13(11-7-10-3-4-12(24)8-15(10)32-9-11)19(20(14)31-2)33-23-18(27)16(25)17(26)21(34-23)22(28)29/h3-6,8,11,16-18,21,23-27H,7,9H2,1-2H3,(H,28,29)/t11-,16+,17+,18-,21+,23-/m1/s1. The zero-order chi connectivity index (χ0) is 24.6. The topological polar surface area (TPSA) is 164 Å². The molecule has 0 aromatic heterocycles. The Bertz CT molecular complexity index is 1060. The molecule has 0 bridgehead atoms. The quantitative estimate of drug-likeness (QED) is 0.390. The lowest BCUT2D eigenvalue weighted by molar-refractivity contribution is -0.271. The molecule has 2 aliphatic heterocycles. The SMILES string of the molecule is COc1ccc([C@H]2COc3cc(O)ccc3C2)c(O[C@@H]2O[C@H](C(=O)O)[C@@H](O)[C@H](O)[C@H]2O)c1OC. The predicted octanol–water partition coefficient (Wildman–Crippen LogP) is 0.399. The Balaban J connectivity index is 1.71. The minimum atomic E-state index is -1.85. The van der Waals surface area contributed by atoms with Crippen LogP contribution in [0.2, 0.25) is 0 Å². The summed E-state index contributed by atoms with van der Waals surface area (Å²) in [5, 5.41) is 49.6.